The maximum absolute atomic E-state index is 5.89. The van der Waals surface area contributed by atoms with Crippen molar-refractivity contribution in [2.24, 2.45) is 5.10 Å². The van der Waals surface area contributed by atoms with Gasteiger partial charge in [-0.05, 0) is 56.2 Å². The molecule has 0 amide bonds. The monoisotopic (exact) mass is 312 g/mol. The van der Waals surface area contributed by atoms with E-state index in [2.05, 4.69) is 24.4 Å². The summed E-state index contributed by atoms with van der Waals surface area (Å²) in [6.45, 7) is 6.71. The average molecular weight is 312 g/mol. The number of hydrogen-bond donors (Lipinski definition) is 1. The largest absolute Gasteiger partial charge is 0.490 e. The molecule has 4 nitrogen and oxygen atoms in total. The van der Waals surface area contributed by atoms with Gasteiger partial charge < -0.3 is 9.47 Å². The molecule has 0 aliphatic carbocycles. The topological polar surface area (TPSA) is 42.8 Å². The summed E-state index contributed by atoms with van der Waals surface area (Å²) in [4.78, 5) is 0. The van der Waals surface area contributed by atoms with Crippen LogP contribution in [-0.2, 0) is 0 Å². The van der Waals surface area contributed by atoms with Gasteiger partial charge in [0.25, 0.3) is 0 Å². The van der Waals surface area contributed by atoms with E-state index in [1.807, 2.05) is 55.5 Å². The van der Waals surface area contributed by atoms with Gasteiger partial charge in [0.05, 0.1) is 24.6 Å². The quantitative estimate of drug-likeness (QED) is 0.567. The SMILES string of the molecule is CCOc1cc(C=NNc2ccccc2)ccc1OC(C)CC. The number of rotatable bonds is 8. The Hall–Kier alpha value is -2.49. The second-order valence-electron chi connectivity index (χ2n) is 5.21. The fourth-order valence-electron chi connectivity index (χ4n) is 1.96. The second-order valence-corrected chi connectivity index (χ2v) is 5.21. The van der Waals surface area contributed by atoms with E-state index in [9.17, 15) is 0 Å². The molecule has 0 aromatic heterocycles. The van der Waals surface area contributed by atoms with Crippen LogP contribution >= 0.6 is 0 Å². The van der Waals surface area contributed by atoms with Crippen LogP contribution in [0.25, 0.3) is 0 Å². The molecule has 4 heteroatoms. The minimum absolute atomic E-state index is 0.161. The molecule has 0 radical (unpaired) electrons. The zero-order valence-corrected chi connectivity index (χ0v) is 14.0. The Morgan fingerprint density at radius 2 is 1.87 bits per heavy atom. The van der Waals surface area contributed by atoms with Gasteiger partial charge >= 0.3 is 0 Å². The first-order chi connectivity index (χ1) is 11.2. The molecule has 2 aromatic rings. The van der Waals surface area contributed by atoms with Crippen molar-refractivity contribution in [3.8, 4) is 11.5 Å². The van der Waals surface area contributed by atoms with Gasteiger partial charge in [0.1, 0.15) is 0 Å². The molecule has 2 rings (SSSR count). The highest BCUT2D eigenvalue weighted by atomic mass is 16.5. The summed E-state index contributed by atoms with van der Waals surface area (Å²) in [5.41, 5.74) is 4.90. The summed E-state index contributed by atoms with van der Waals surface area (Å²) in [5.74, 6) is 1.52. The molecule has 0 bridgehead atoms. The summed E-state index contributed by atoms with van der Waals surface area (Å²) >= 11 is 0. The van der Waals surface area contributed by atoms with Gasteiger partial charge in [-0.25, -0.2) is 0 Å². The van der Waals surface area contributed by atoms with Crippen molar-refractivity contribution in [1.82, 2.24) is 0 Å². The number of ether oxygens (including phenoxy) is 2. The van der Waals surface area contributed by atoms with Crippen molar-refractivity contribution in [3.63, 3.8) is 0 Å². The number of anilines is 1. The average Bonchev–Trinajstić information content (AvgIpc) is 2.58. The molecular formula is C19H24N2O2. The van der Waals surface area contributed by atoms with Crippen LogP contribution in [0, 0.1) is 0 Å². The Morgan fingerprint density at radius 1 is 1.09 bits per heavy atom. The number of para-hydroxylation sites is 1. The molecule has 1 unspecified atom stereocenters. The summed E-state index contributed by atoms with van der Waals surface area (Å²) in [7, 11) is 0. The van der Waals surface area contributed by atoms with Gasteiger partial charge in [-0.15, -0.1) is 0 Å². The van der Waals surface area contributed by atoms with Crippen molar-refractivity contribution in [2.75, 3.05) is 12.0 Å². The van der Waals surface area contributed by atoms with Crippen LogP contribution in [0.15, 0.2) is 53.6 Å². The molecule has 0 aliphatic rings. The third kappa shape index (κ3) is 5.33. The maximum Gasteiger partial charge on any atom is 0.161 e. The van der Waals surface area contributed by atoms with Gasteiger partial charge in [-0.1, -0.05) is 25.1 Å². The lowest BCUT2D eigenvalue weighted by Gasteiger charge is -2.16. The molecule has 0 saturated carbocycles. The second kappa shape index (κ2) is 8.83. The van der Waals surface area contributed by atoms with E-state index < -0.39 is 0 Å². The van der Waals surface area contributed by atoms with Crippen molar-refractivity contribution in [3.05, 3.63) is 54.1 Å². The highest BCUT2D eigenvalue weighted by Crippen LogP contribution is 2.29. The van der Waals surface area contributed by atoms with Crippen LogP contribution in [0.4, 0.5) is 5.69 Å². The molecule has 1 atom stereocenters. The van der Waals surface area contributed by atoms with Crippen LogP contribution in [0.5, 0.6) is 11.5 Å². The van der Waals surface area contributed by atoms with Gasteiger partial charge in [0.15, 0.2) is 11.5 Å². The van der Waals surface area contributed by atoms with E-state index in [0.717, 1.165) is 29.2 Å². The summed E-state index contributed by atoms with van der Waals surface area (Å²) in [5, 5.41) is 4.25. The van der Waals surface area contributed by atoms with Gasteiger partial charge in [-0.3, -0.25) is 5.43 Å². The van der Waals surface area contributed by atoms with Crippen molar-refractivity contribution < 1.29 is 9.47 Å². The smallest absolute Gasteiger partial charge is 0.161 e. The third-order valence-electron chi connectivity index (χ3n) is 3.35. The molecule has 23 heavy (non-hydrogen) atoms. The third-order valence-corrected chi connectivity index (χ3v) is 3.35. The number of nitrogens with one attached hydrogen (secondary N) is 1. The Balaban J connectivity index is 2.08. The van der Waals surface area contributed by atoms with E-state index in [1.54, 1.807) is 6.21 Å². The summed E-state index contributed by atoms with van der Waals surface area (Å²) in [6, 6.07) is 15.7. The molecule has 1 N–H and O–H groups in total. The first-order valence-electron chi connectivity index (χ1n) is 8.00. The molecule has 0 aliphatic heterocycles. The lowest BCUT2D eigenvalue weighted by molar-refractivity contribution is 0.203. The Morgan fingerprint density at radius 3 is 2.57 bits per heavy atom. The van der Waals surface area contributed by atoms with Crippen molar-refractivity contribution in [1.29, 1.82) is 0 Å². The van der Waals surface area contributed by atoms with Crippen LogP contribution < -0.4 is 14.9 Å². The van der Waals surface area contributed by atoms with Gasteiger partial charge in [-0.2, -0.15) is 5.10 Å². The summed E-state index contributed by atoms with van der Waals surface area (Å²) < 4.78 is 11.6. The van der Waals surface area contributed by atoms with Gasteiger partial charge in [0.2, 0.25) is 0 Å². The molecule has 0 spiro atoms. The van der Waals surface area contributed by atoms with Crippen LogP contribution in [0.3, 0.4) is 0 Å². The molecule has 0 saturated heterocycles. The lowest BCUT2D eigenvalue weighted by Crippen LogP contribution is -2.11. The zero-order chi connectivity index (χ0) is 16.5. The minimum Gasteiger partial charge on any atom is -0.490 e. The molecular weight excluding hydrogens is 288 g/mol. The fraction of sp³-hybridized carbons (Fsp3) is 0.316. The normalized spacial score (nSPS) is 12.1. The minimum atomic E-state index is 0.161. The Labute approximate surface area is 138 Å². The number of nitrogens with zero attached hydrogens (tertiary/aromatic N) is 1. The Bertz CT molecular complexity index is 627. The summed E-state index contributed by atoms with van der Waals surface area (Å²) in [6.07, 6.45) is 2.88. The molecule has 122 valence electrons. The first kappa shape index (κ1) is 16.9. The van der Waals surface area contributed by atoms with Crippen LogP contribution in [-0.4, -0.2) is 18.9 Å². The van der Waals surface area contributed by atoms with E-state index in [0.29, 0.717) is 6.61 Å². The lowest BCUT2D eigenvalue weighted by atomic mass is 10.2. The van der Waals surface area contributed by atoms with Crippen LogP contribution in [0.2, 0.25) is 0 Å². The molecule has 2 aromatic carbocycles. The Kier molecular flexibility index (Phi) is 6.48. The number of benzene rings is 2. The number of hydrogen-bond acceptors (Lipinski definition) is 4. The van der Waals surface area contributed by atoms with E-state index >= 15 is 0 Å². The predicted molar refractivity (Wildman–Crippen MR) is 95.7 cm³/mol. The highest BCUT2D eigenvalue weighted by Gasteiger charge is 2.09. The number of hydrazone groups is 1. The van der Waals surface area contributed by atoms with Crippen molar-refractivity contribution in [2.45, 2.75) is 33.3 Å². The first-order valence-corrected chi connectivity index (χ1v) is 8.00. The van der Waals surface area contributed by atoms with E-state index in [4.69, 9.17) is 9.47 Å². The molecule has 0 heterocycles. The zero-order valence-electron chi connectivity index (χ0n) is 14.0. The van der Waals surface area contributed by atoms with E-state index in [1.165, 1.54) is 0 Å². The maximum atomic E-state index is 5.89. The van der Waals surface area contributed by atoms with Gasteiger partial charge in [0, 0.05) is 0 Å². The fourth-order valence-corrected chi connectivity index (χ4v) is 1.96. The molecule has 0 fully saturated rings. The van der Waals surface area contributed by atoms with E-state index in [-0.39, 0.29) is 6.10 Å². The van der Waals surface area contributed by atoms with Crippen molar-refractivity contribution >= 4 is 11.9 Å². The standard InChI is InChI=1S/C19H24N2O2/c1-4-15(3)23-18-12-11-16(13-19(18)22-5-2)14-20-21-17-9-7-6-8-10-17/h6-15,21H,4-5H2,1-3H3. The van der Waals surface area contributed by atoms with Crippen LogP contribution in [0.1, 0.15) is 32.8 Å². The highest BCUT2D eigenvalue weighted by molar-refractivity contribution is 5.81. The predicted octanol–water partition coefficient (Wildman–Crippen LogP) is 4.71.